The predicted octanol–water partition coefficient (Wildman–Crippen LogP) is 6.92. The van der Waals surface area contributed by atoms with Gasteiger partial charge in [-0.2, -0.15) is 0 Å². The Hall–Kier alpha value is -0.610. The number of hydrogen-bond acceptors (Lipinski definition) is 4. The standard InChI is InChI=1S/C33H52O4/c1-19(2)28(37-29(35)20-7-6-8-20)24-11-9-22-25(36-24)17-23-21-10-12-26-30(3,4)27(34)13-14-33(26)18-32(21,33)16-15-31(22,23)5/h19-28,34H,6-18H2,1-5H3. The van der Waals surface area contributed by atoms with Gasteiger partial charge in [0.15, 0.2) is 0 Å². The number of fused-ring (bicyclic) bond motifs is 4. The number of rotatable bonds is 4. The number of carbonyl (C=O) groups excluding carboxylic acids is 1. The number of esters is 1. The molecular formula is C33H52O4. The molecule has 0 radical (unpaired) electrons. The molecule has 0 aromatic heterocycles. The van der Waals surface area contributed by atoms with Crippen molar-refractivity contribution in [1.29, 1.82) is 0 Å². The zero-order valence-corrected chi connectivity index (χ0v) is 24.1. The zero-order valence-electron chi connectivity index (χ0n) is 24.1. The Bertz CT molecular complexity index is 939. The molecule has 2 spiro atoms. The zero-order chi connectivity index (χ0) is 26.0. The lowest BCUT2D eigenvalue weighted by Gasteiger charge is -2.59. The van der Waals surface area contributed by atoms with Crippen LogP contribution in [0.2, 0.25) is 0 Å². The Morgan fingerprint density at radius 3 is 2.35 bits per heavy atom. The molecule has 1 aliphatic heterocycles. The van der Waals surface area contributed by atoms with E-state index >= 15 is 0 Å². The van der Waals surface area contributed by atoms with Gasteiger partial charge in [0.25, 0.3) is 0 Å². The third kappa shape index (κ3) is 3.30. The summed E-state index contributed by atoms with van der Waals surface area (Å²) in [5.74, 6) is 3.44. The summed E-state index contributed by atoms with van der Waals surface area (Å²) in [6, 6.07) is 0. The average Bonchev–Trinajstić information content (AvgIpc) is 3.39. The monoisotopic (exact) mass is 512 g/mol. The first-order valence-electron chi connectivity index (χ1n) is 16.1. The second-order valence-electron chi connectivity index (χ2n) is 16.1. The number of aliphatic hydroxyl groups is 1. The highest BCUT2D eigenvalue weighted by Crippen LogP contribution is 2.87. The Morgan fingerprint density at radius 2 is 1.65 bits per heavy atom. The molecule has 7 rings (SSSR count). The van der Waals surface area contributed by atoms with Gasteiger partial charge in [-0.05, 0) is 128 Å². The normalized spacial score (nSPS) is 52.6. The van der Waals surface area contributed by atoms with E-state index in [1.807, 2.05) is 0 Å². The van der Waals surface area contributed by atoms with Crippen molar-refractivity contribution in [2.45, 2.75) is 143 Å². The van der Waals surface area contributed by atoms with Crippen molar-refractivity contribution in [3.63, 3.8) is 0 Å². The van der Waals surface area contributed by atoms with Crippen LogP contribution in [0.25, 0.3) is 0 Å². The second kappa shape index (κ2) is 8.21. The van der Waals surface area contributed by atoms with E-state index in [1.165, 1.54) is 57.8 Å². The van der Waals surface area contributed by atoms with Crippen LogP contribution in [0.1, 0.15) is 118 Å². The summed E-state index contributed by atoms with van der Waals surface area (Å²) in [6.45, 7) is 11.8. The van der Waals surface area contributed by atoms with Crippen molar-refractivity contribution in [1.82, 2.24) is 0 Å². The summed E-state index contributed by atoms with van der Waals surface area (Å²) in [7, 11) is 0. The Labute approximate surface area is 225 Å². The van der Waals surface area contributed by atoms with Crippen LogP contribution in [0.4, 0.5) is 0 Å². The summed E-state index contributed by atoms with van der Waals surface area (Å²) in [5, 5.41) is 10.9. The first kappa shape index (κ1) is 25.4. The largest absolute Gasteiger partial charge is 0.459 e. The smallest absolute Gasteiger partial charge is 0.309 e. The number of aliphatic hydroxyl groups excluding tert-OH is 1. The molecule has 4 nitrogen and oxygen atoms in total. The molecule has 1 heterocycles. The SMILES string of the molecule is CC(C)C(OC(=O)C1CCC1)C1CCC2C(CC3C4CCC5C(C)(C)C(O)CCC56CC46CCC23C)O1. The van der Waals surface area contributed by atoms with E-state index in [4.69, 9.17) is 9.47 Å². The van der Waals surface area contributed by atoms with Gasteiger partial charge in [-0.25, -0.2) is 0 Å². The van der Waals surface area contributed by atoms with Crippen LogP contribution < -0.4 is 0 Å². The van der Waals surface area contributed by atoms with Crippen molar-refractivity contribution in [3.8, 4) is 0 Å². The van der Waals surface area contributed by atoms with Crippen LogP contribution in [0.3, 0.4) is 0 Å². The van der Waals surface area contributed by atoms with E-state index in [1.54, 1.807) is 0 Å². The fraction of sp³-hybridized carbons (Fsp3) is 0.970. The molecule has 7 fully saturated rings. The summed E-state index contributed by atoms with van der Waals surface area (Å²) in [5.41, 5.74) is 1.52. The molecule has 1 saturated heterocycles. The second-order valence-corrected chi connectivity index (χ2v) is 16.1. The molecule has 6 saturated carbocycles. The molecule has 11 unspecified atom stereocenters. The van der Waals surface area contributed by atoms with Crippen molar-refractivity contribution in [2.24, 2.45) is 57.2 Å². The van der Waals surface area contributed by atoms with E-state index in [0.29, 0.717) is 40.1 Å². The van der Waals surface area contributed by atoms with Gasteiger partial charge in [0.05, 0.1) is 24.2 Å². The van der Waals surface area contributed by atoms with Crippen LogP contribution in [0.5, 0.6) is 0 Å². The molecular weight excluding hydrogens is 460 g/mol. The molecule has 7 aliphatic rings. The summed E-state index contributed by atoms with van der Waals surface area (Å²) >= 11 is 0. The number of hydrogen-bond donors (Lipinski definition) is 1. The minimum Gasteiger partial charge on any atom is -0.459 e. The van der Waals surface area contributed by atoms with Gasteiger partial charge < -0.3 is 14.6 Å². The van der Waals surface area contributed by atoms with E-state index in [9.17, 15) is 9.90 Å². The quantitative estimate of drug-likeness (QED) is 0.415. The van der Waals surface area contributed by atoms with Crippen LogP contribution in [-0.2, 0) is 14.3 Å². The Kier molecular flexibility index (Phi) is 5.63. The van der Waals surface area contributed by atoms with Gasteiger partial charge >= 0.3 is 5.97 Å². The van der Waals surface area contributed by atoms with Crippen molar-refractivity contribution in [3.05, 3.63) is 0 Å². The molecule has 6 aliphatic carbocycles. The van der Waals surface area contributed by atoms with E-state index in [-0.39, 0.29) is 35.6 Å². The van der Waals surface area contributed by atoms with Crippen LogP contribution in [-0.4, -0.2) is 35.5 Å². The van der Waals surface area contributed by atoms with Crippen molar-refractivity contribution < 1.29 is 19.4 Å². The third-order valence-electron chi connectivity index (χ3n) is 14.3. The lowest BCUT2D eigenvalue weighted by molar-refractivity contribution is -0.184. The molecule has 4 heteroatoms. The van der Waals surface area contributed by atoms with Gasteiger partial charge in [-0.3, -0.25) is 4.79 Å². The van der Waals surface area contributed by atoms with Crippen molar-refractivity contribution in [2.75, 3.05) is 0 Å². The molecule has 0 bridgehead atoms. The van der Waals surface area contributed by atoms with Crippen LogP contribution in [0.15, 0.2) is 0 Å². The van der Waals surface area contributed by atoms with Gasteiger partial charge in [-0.15, -0.1) is 0 Å². The number of ether oxygens (including phenoxy) is 2. The molecule has 1 N–H and O–H groups in total. The van der Waals surface area contributed by atoms with E-state index < -0.39 is 0 Å². The van der Waals surface area contributed by atoms with Gasteiger partial charge in [0, 0.05) is 0 Å². The summed E-state index contributed by atoms with van der Waals surface area (Å²) < 4.78 is 13.1. The van der Waals surface area contributed by atoms with Gasteiger partial charge in [0.2, 0.25) is 0 Å². The Morgan fingerprint density at radius 1 is 0.892 bits per heavy atom. The minimum absolute atomic E-state index is 0.0287. The first-order chi connectivity index (χ1) is 17.5. The fourth-order valence-electron chi connectivity index (χ4n) is 12.0. The lowest BCUT2D eigenvalue weighted by atomic mass is 9.46. The molecule has 0 aromatic carbocycles. The van der Waals surface area contributed by atoms with Crippen molar-refractivity contribution >= 4 is 5.97 Å². The Balaban J connectivity index is 1.10. The van der Waals surface area contributed by atoms with E-state index in [2.05, 4.69) is 34.6 Å². The molecule has 208 valence electrons. The third-order valence-corrected chi connectivity index (χ3v) is 14.3. The van der Waals surface area contributed by atoms with Gasteiger partial charge in [0.1, 0.15) is 6.10 Å². The topological polar surface area (TPSA) is 55.8 Å². The molecule has 11 atom stereocenters. The highest BCUT2D eigenvalue weighted by molar-refractivity contribution is 5.73. The number of carbonyl (C=O) groups is 1. The summed E-state index contributed by atoms with van der Waals surface area (Å²) in [6.07, 6.45) is 16.0. The molecule has 37 heavy (non-hydrogen) atoms. The fourth-order valence-corrected chi connectivity index (χ4v) is 12.0. The van der Waals surface area contributed by atoms with Crippen LogP contribution in [0, 0.1) is 57.2 Å². The maximum absolute atomic E-state index is 12.8. The first-order valence-corrected chi connectivity index (χ1v) is 16.1. The average molecular weight is 513 g/mol. The van der Waals surface area contributed by atoms with E-state index in [0.717, 1.165) is 37.5 Å². The minimum atomic E-state index is -0.127. The van der Waals surface area contributed by atoms with Gasteiger partial charge in [-0.1, -0.05) is 41.0 Å². The highest BCUT2D eigenvalue weighted by Gasteiger charge is 2.80. The lowest BCUT2D eigenvalue weighted by Crippen LogP contribution is -2.54. The highest BCUT2D eigenvalue weighted by atomic mass is 16.6. The molecule has 0 aromatic rings. The van der Waals surface area contributed by atoms with Crippen LogP contribution >= 0.6 is 0 Å². The maximum Gasteiger partial charge on any atom is 0.309 e. The summed E-state index contributed by atoms with van der Waals surface area (Å²) in [4.78, 5) is 12.8. The maximum atomic E-state index is 12.8. The predicted molar refractivity (Wildman–Crippen MR) is 144 cm³/mol. The molecule has 0 amide bonds.